The van der Waals surface area contributed by atoms with E-state index in [1.807, 2.05) is 0 Å². The second-order valence-corrected chi connectivity index (χ2v) is 11.3. The molecule has 0 aliphatic carbocycles. The molecule has 1 aromatic carbocycles. The number of nitrogens with one attached hydrogen (secondary N) is 2. The minimum Gasteiger partial charge on any atom is -0.462 e. The van der Waals surface area contributed by atoms with Gasteiger partial charge in [-0.2, -0.15) is 10.1 Å². The lowest BCUT2D eigenvalue weighted by Gasteiger charge is -2.27. The van der Waals surface area contributed by atoms with E-state index in [1.165, 1.54) is 30.7 Å². The average Bonchev–Trinajstić information content (AvgIpc) is 3.42. The van der Waals surface area contributed by atoms with Crippen LogP contribution in [0.3, 0.4) is 0 Å². The van der Waals surface area contributed by atoms with E-state index < -0.39 is 62.1 Å². The molecule has 15 heteroatoms. The third kappa shape index (κ3) is 6.46. The molecule has 41 heavy (non-hydrogen) atoms. The number of aromatic amines is 1. The number of rotatable bonds is 10. The highest BCUT2D eigenvalue weighted by Crippen LogP contribution is 2.47. The van der Waals surface area contributed by atoms with Crippen LogP contribution in [0.25, 0.3) is 11.0 Å². The van der Waals surface area contributed by atoms with Crippen molar-refractivity contribution in [2.75, 3.05) is 12.3 Å². The molecular weight excluding hydrogens is 557 g/mol. The number of fused-ring (bicyclic) bond motifs is 1. The van der Waals surface area contributed by atoms with E-state index in [4.69, 9.17) is 24.3 Å². The number of nitrogens with two attached hydrogens (primary N) is 1. The first-order valence-corrected chi connectivity index (χ1v) is 14.2. The molecule has 1 aliphatic heterocycles. The lowest BCUT2D eigenvalue weighted by atomic mass is 9.94. The van der Waals surface area contributed by atoms with Gasteiger partial charge < -0.3 is 34.5 Å². The van der Waals surface area contributed by atoms with Gasteiger partial charge in [0.15, 0.2) is 17.5 Å². The van der Waals surface area contributed by atoms with Crippen molar-refractivity contribution < 1.29 is 38.1 Å². The summed E-state index contributed by atoms with van der Waals surface area (Å²) in [4.78, 5) is 31.3. The zero-order valence-corrected chi connectivity index (χ0v) is 23.7. The molecule has 6 atom stereocenters. The Morgan fingerprint density at radius 1 is 1.32 bits per heavy atom. The van der Waals surface area contributed by atoms with E-state index in [2.05, 4.69) is 26.9 Å². The topological polar surface area (TPSA) is 200 Å². The van der Waals surface area contributed by atoms with Crippen molar-refractivity contribution in [1.29, 1.82) is 0 Å². The van der Waals surface area contributed by atoms with Crippen LogP contribution < -0.4 is 20.9 Å². The third-order valence-corrected chi connectivity index (χ3v) is 7.74. The molecule has 0 radical (unpaired) electrons. The second-order valence-electron chi connectivity index (χ2n) is 9.62. The van der Waals surface area contributed by atoms with Crippen LogP contribution in [0.15, 0.2) is 47.4 Å². The number of nitrogen functional groups attached to an aromatic ring is 1. The second kappa shape index (κ2) is 12.0. The van der Waals surface area contributed by atoms with Crippen LogP contribution >= 0.6 is 7.75 Å². The summed E-state index contributed by atoms with van der Waals surface area (Å²) in [5, 5.41) is 25.3. The van der Waals surface area contributed by atoms with E-state index in [-0.39, 0.29) is 22.7 Å². The molecule has 3 heterocycles. The van der Waals surface area contributed by atoms with Gasteiger partial charge in [-0.05, 0) is 45.9 Å². The Hall–Kier alpha value is -3.70. The van der Waals surface area contributed by atoms with Gasteiger partial charge in [0.25, 0.3) is 5.56 Å². The van der Waals surface area contributed by atoms with Gasteiger partial charge in [0, 0.05) is 6.20 Å². The predicted molar refractivity (Wildman–Crippen MR) is 148 cm³/mol. The van der Waals surface area contributed by atoms with E-state index >= 15 is 0 Å². The number of esters is 1. The summed E-state index contributed by atoms with van der Waals surface area (Å²) in [5.74, 6) is 4.47. The Morgan fingerprint density at radius 2 is 2.02 bits per heavy atom. The molecule has 220 valence electrons. The van der Waals surface area contributed by atoms with Gasteiger partial charge in [-0.15, -0.1) is 5.92 Å². The molecule has 0 amide bonds. The predicted octanol–water partition coefficient (Wildman–Crippen LogP) is 1.45. The number of carbonyl (C=O) groups excluding carboxylic acids is 1. The van der Waals surface area contributed by atoms with Crippen molar-refractivity contribution in [2.24, 2.45) is 0 Å². The van der Waals surface area contributed by atoms with Crippen LogP contribution in [0.2, 0.25) is 0 Å². The standard InChI is InChI=1S/C26H32N5O9P/c1-5-12-26(35)20(32)19(39-24(26)31-13-11-18-21(31)28-25(27)29-22(18)33)14-37-41(36,40-17-9-7-6-8-10-17)30-16(4)23(34)38-15(2)3/h6-11,13,15-16,19-20,24,32,35H,14H2,1-4H3,(H,30,36)(H3,27,28,29,33)/t16-,19?,20?,24+,26+,41?/m0/s1. The smallest absolute Gasteiger partial charge is 0.459 e. The van der Waals surface area contributed by atoms with Gasteiger partial charge in [0.05, 0.1) is 18.1 Å². The molecule has 0 bridgehead atoms. The number of aromatic nitrogens is 3. The van der Waals surface area contributed by atoms with E-state index in [0.717, 1.165) is 0 Å². The number of hydrogen-bond acceptors (Lipinski definition) is 11. The summed E-state index contributed by atoms with van der Waals surface area (Å²) in [6.07, 6.45) is -3.32. The van der Waals surface area contributed by atoms with Gasteiger partial charge in [-0.1, -0.05) is 24.1 Å². The Labute approximate surface area is 235 Å². The quantitative estimate of drug-likeness (QED) is 0.130. The molecular formula is C26H32N5O9P. The van der Waals surface area contributed by atoms with Crippen LogP contribution in [0.4, 0.5) is 5.95 Å². The van der Waals surface area contributed by atoms with E-state index in [0.29, 0.717) is 0 Å². The van der Waals surface area contributed by atoms with Crippen molar-refractivity contribution in [2.45, 2.75) is 63.9 Å². The number of hydrogen-bond donors (Lipinski definition) is 5. The maximum absolute atomic E-state index is 13.8. The fraction of sp³-hybridized carbons (Fsp3) is 0.423. The molecule has 14 nitrogen and oxygen atoms in total. The highest BCUT2D eigenvalue weighted by atomic mass is 31.2. The first kappa shape index (κ1) is 30.3. The van der Waals surface area contributed by atoms with Crippen molar-refractivity contribution in [3.8, 4) is 17.6 Å². The molecule has 1 aliphatic rings. The Kier molecular flexibility index (Phi) is 8.89. The van der Waals surface area contributed by atoms with Crippen molar-refractivity contribution in [1.82, 2.24) is 19.6 Å². The lowest BCUT2D eigenvalue weighted by Crippen LogP contribution is -2.46. The molecule has 4 rings (SSSR count). The minimum atomic E-state index is -4.30. The highest BCUT2D eigenvalue weighted by molar-refractivity contribution is 7.52. The third-order valence-electron chi connectivity index (χ3n) is 6.10. The Bertz CT molecular complexity index is 1560. The molecule has 2 aromatic heterocycles. The fourth-order valence-corrected chi connectivity index (χ4v) is 5.77. The summed E-state index contributed by atoms with van der Waals surface area (Å²) in [7, 11) is -4.30. The number of H-pyrrole nitrogens is 1. The number of para-hydroxylation sites is 1. The van der Waals surface area contributed by atoms with Crippen LogP contribution in [0, 0.1) is 11.8 Å². The lowest BCUT2D eigenvalue weighted by molar-refractivity contribution is -0.149. The number of nitrogens with zero attached hydrogens (tertiary/aromatic N) is 2. The van der Waals surface area contributed by atoms with Crippen molar-refractivity contribution in [3.63, 3.8) is 0 Å². The monoisotopic (exact) mass is 589 g/mol. The summed E-state index contributed by atoms with van der Waals surface area (Å²) in [5.41, 5.74) is 3.09. The van der Waals surface area contributed by atoms with Gasteiger partial charge in [-0.25, -0.2) is 4.57 Å². The largest absolute Gasteiger partial charge is 0.462 e. The molecule has 0 spiro atoms. The number of carbonyl (C=O) groups is 1. The SMILES string of the molecule is CC#C[C@@]1(O)C(O)C(COP(=O)(N[C@@H](C)C(=O)OC(C)C)Oc2ccccc2)O[C@H]1n1ccc2c(=O)[nH]c(N)nc21. The van der Waals surface area contributed by atoms with Gasteiger partial charge in [0.1, 0.15) is 24.0 Å². The van der Waals surface area contributed by atoms with Crippen molar-refractivity contribution >= 4 is 30.7 Å². The summed E-state index contributed by atoms with van der Waals surface area (Å²) in [6, 6.07) is 8.47. The first-order chi connectivity index (χ1) is 19.4. The molecule has 1 fully saturated rings. The van der Waals surface area contributed by atoms with Crippen LogP contribution in [0.5, 0.6) is 5.75 Å². The number of anilines is 1. The molecule has 0 saturated carbocycles. The Morgan fingerprint density at radius 3 is 2.68 bits per heavy atom. The first-order valence-electron chi connectivity index (χ1n) is 12.7. The number of ether oxygens (including phenoxy) is 2. The van der Waals surface area contributed by atoms with Gasteiger partial charge in [-0.3, -0.25) is 19.1 Å². The summed E-state index contributed by atoms with van der Waals surface area (Å²) in [6.45, 7) is 5.67. The van der Waals surface area contributed by atoms with E-state index in [9.17, 15) is 24.4 Å². The average molecular weight is 590 g/mol. The van der Waals surface area contributed by atoms with Crippen molar-refractivity contribution in [3.05, 3.63) is 52.9 Å². The summed E-state index contributed by atoms with van der Waals surface area (Å²) >= 11 is 0. The van der Waals surface area contributed by atoms with Crippen LogP contribution in [-0.2, 0) is 23.4 Å². The van der Waals surface area contributed by atoms with Gasteiger partial charge in [0.2, 0.25) is 5.95 Å². The zero-order chi connectivity index (χ0) is 29.9. The maximum Gasteiger partial charge on any atom is 0.459 e. The number of aliphatic hydroxyl groups is 2. The molecule has 6 N–H and O–H groups in total. The summed E-state index contributed by atoms with van der Waals surface area (Å²) < 4.78 is 37.6. The number of aliphatic hydroxyl groups excluding tert-OH is 1. The number of benzene rings is 1. The van der Waals surface area contributed by atoms with Crippen LogP contribution in [-0.4, -0.2) is 67.3 Å². The van der Waals surface area contributed by atoms with Crippen LogP contribution in [0.1, 0.15) is 33.9 Å². The normalized spacial score (nSPS) is 24.4. The molecule has 3 aromatic rings. The molecule has 1 saturated heterocycles. The minimum absolute atomic E-state index is 0.0820. The fourth-order valence-electron chi connectivity index (χ4n) is 4.27. The van der Waals surface area contributed by atoms with E-state index in [1.54, 1.807) is 44.2 Å². The zero-order valence-electron chi connectivity index (χ0n) is 22.8. The maximum atomic E-state index is 13.8. The molecule has 3 unspecified atom stereocenters. The van der Waals surface area contributed by atoms with Gasteiger partial charge >= 0.3 is 13.7 Å². The Balaban J connectivity index is 1.62. The highest BCUT2D eigenvalue weighted by Gasteiger charge is 2.56.